The first kappa shape index (κ1) is 15.4. The Hall–Kier alpha value is -1.62. The van der Waals surface area contributed by atoms with Gasteiger partial charge in [0, 0.05) is 20.7 Å². The molecule has 0 saturated carbocycles. The van der Waals surface area contributed by atoms with E-state index in [1.807, 2.05) is 13.8 Å². The van der Waals surface area contributed by atoms with E-state index in [2.05, 4.69) is 5.32 Å². The average Bonchev–Trinajstić information content (AvgIpc) is 2.39. The van der Waals surface area contributed by atoms with Gasteiger partial charge >= 0.3 is 0 Å². The van der Waals surface area contributed by atoms with Crippen LogP contribution in [-0.4, -0.2) is 44.2 Å². The topological polar surface area (TPSA) is 41.6 Å². The van der Waals surface area contributed by atoms with E-state index in [-0.39, 0.29) is 17.6 Å². The second kappa shape index (κ2) is 7.09. The minimum absolute atomic E-state index is 0.0597. The van der Waals surface area contributed by atoms with Gasteiger partial charge in [-0.05, 0) is 26.0 Å². The minimum Gasteiger partial charge on any atom is -0.385 e. The Kier molecular flexibility index (Phi) is 5.76. The van der Waals surface area contributed by atoms with E-state index in [0.717, 1.165) is 0 Å². The third-order valence-corrected chi connectivity index (χ3v) is 3.04. The second-order valence-corrected chi connectivity index (χ2v) is 4.31. The molecule has 1 N–H and O–H groups in total. The van der Waals surface area contributed by atoms with Gasteiger partial charge in [0.05, 0.1) is 23.9 Å². The smallest absolute Gasteiger partial charge is 0.256 e. The van der Waals surface area contributed by atoms with E-state index in [0.29, 0.717) is 18.7 Å². The van der Waals surface area contributed by atoms with Crippen LogP contribution in [0.15, 0.2) is 18.2 Å². The quantitative estimate of drug-likeness (QED) is 0.861. The van der Waals surface area contributed by atoms with Gasteiger partial charge in [0.15, 0.2) is 0 Å². The third kappa shape index (κ3) is 3.44. The van der Waals surface area contributed by atoms with Gasteiger partial charge in [-0.25, -0.2) is 4.39 Å². The van der Waals surface area contributed by atoms with Crippen LogP contribution in [0.25, 0.3) is 0 Å². The largest absolute Gasteiger partial charge is 0.385 e. The number of benzene rings is 1. The number of para-hydroxylation sites is 1. The Morgan fingerprint density at radius 1 is 1.53 bits per heavy atom. The number of amides is 1. The van der Waals surface area contributed by atoms with Crippen molar-refractivity contribution in [2.75, 3.05) is 32.6 Å². The summed E-state index contributed by atoms with van der Waals surface area (Å²) in [7, 11) is 3.19. The van der Waals surface area contributed by atoms with Crippen molar-refractivity contribution in [1.82, 2.24) is 4.90 Å². The number of hydrogen-bond acceptors (Lipinski definition) is 3. The summed E-state index contributed by atoms with van der Waals surface area (Å²) in [6.45, 7) is 4.79. The van der Waals surface area contributed by atoms with E-state index in [1.54, 1.807) is 25.1 Å². The lowest BCUT2D eigenvalue weighted by Crippen LogP contribution is -2.41. The van der Waals surface area contributed by atoms with Gasteiger partial charge in [-0.2, -0.15) is 0 Å². The van der Waals surface area contributed by atoms with E-state index >= 15 is 0 Å². The van der Waals surface area contributed by atoms with E-state index in [4.69, 9.17) is 4.74 Å². The summed E-state index contributed by atoms with van der Waals surface area (Å²) in [5, 5.41) is 2.74. The number of halogens is 1. The molecule has 0 heterocycles. The zero-order valence-corrected chi connectivity index (χ0v) is 11.9. The summed E-state index contributed by atoms with van der Waals surface area (Å²) < 4.78 is 18.7. The molecule has 0 aliphatic heterocycles. The lowest BCUT2D eigenvalue weighted by Gasteiger charge is -2.28. The molecule has 0 aliphatic carbocycles. The first-order valence-electron chi connectivity index (χ1n) is 6.32. The monoisotopic (exact) mass is 268 g/mol. The SMILES string of the molecule is CCN(C(=O)c1cccc(F)c1NC)C(C)COC. The fraction of sp³-hybridized carbons (Fsp3) is 0.500. The summed E-state index contributed by atoms with van der Waals surface area (Å²) in [6.07, 6.45) is 0. The summed E-state index contributed by atoms with van der Waals surface area (Å²) in [4.78, 5) is 14.2. The molecule has 0 saturated heterocycles. The van der Waals surface area contributed by atoms with E-state index in [1.165, 1.54) is 12.1 Å². The Labute approximate surface area is 113 Å². The fourth-order valence-corrected chi connectivity index (χ4v) is 2.10. The highest BCUT2D eigenvalue weighted by Gasteiger charge is 2.23. The molecule has 1 amide bonds. The molecule has 1 rings (SSSR count). The fourth-order valence-electron chi connectivity index (χ4n) is 2.10. The molecule has 106 valence electrons. The average molecular weight is 268 g/mol. The molecule has 19 heavy (non-hydrogen) atoms. The normalized spacial score (nSPS) is 12.1. The van der Waals surface area contributed by atoms with Crippen molar-refractivity contribution in [3.63, 3.8) is 0 Å². The van der Waals surface area contributed by atoms with Crippen LogP contribution < -0.4 is 5.32 Å². The van der Waals surface area contributed by atoms with Gasteiger partial charge in [0.25, 0.3) is 5.91 Å². The highest BCUT2D eigenvalue weighted by Crippen LogP contribution is 2.21. The van der Waals surface area contributed by atoms with Crippen LogP contribution in [0.1, 0.15) is 24.2 Å². The first-order valence-corrected chi connectivity index (χ1v) is 6.32. The Morgan fingerprint density at radius 2 is 2.21 bits per heavy atom. The summed E-state index contributed by atoms with van der Waals surface area (Å²) in [6, 6.07) is 4.44. The molecule has 1 atom stereocenters. The van der Waals surface area contributed by atoms with Gasteiger partial charge in [0.1, 0.15) is 5.82 Å². The molecule has 0 aromatic heterocycles. The number of likely N-dealkylation sites (N-methyl/N-ethyl adjacent to an activating group) is 1. The standard InChI is InChI=1S/C14H21FN2O2/c1-5-17(10(2)9-19-4)14(18)11-7-6-8-12(15)13(11)16-3/h6-8,10,16H,5,9H2,1-4H3. The number of methoxy groups -OCH3 is 1. The van der Waals surface area contributed by atoms with Crippen molar-refractivity contribution >= 4 is 11.6 Å². The zero-order valence-electron chi connectivity index (χ0n) is 11.9. The molecule has 5 heteroatoms. The number of nitrogens with one attached hydrogen (secondary N) is 1. The lowest BCUT2D eigenvalue weighted by atomic mass is 10.1. The van der Waals surface area contributed by atoms with Gasteiger partial charge in [-0.15, -0.1) is 0 Å². The minimum atomic E-state index is -0.427. The number of carbonyl (C=O) groups excluding carboxylic acids is 1. The molecule has 1 unspecified atom stereocenters. The van der Waals surface area contributed by atoms with Gasteiger partial charge in [0.2, 0.25) is 0 Å². The van der Waals surface area contributed by atoms with Gasteiger partial charge in [-0.3, -0.25) is 4.79 Å². The van der Waals surface area contributed by atoms with Crippen molar-refractivity contribution in [2.45, 2.75) is 19.9 Å². The van der Waals surface area contributed by atoms with Gasteiger partial charge < -0.3 is 15.0 Å². The van der Waals surface area contributed by atoms with Crippen molar-refractivity contribution in [3.8, 4) is 0 Å². The lowest BCUT2D eigenvalue weighted by molar-refractivity contribution is 0.0580. The van der Waals surface area contributed by atoms with Crippen molar-refractivity contribution in [1.29, 1.82) is 0 Å². The van der Waals surface area contributed by atoms with Crippen LogP contribution in [0, 0.1) is 5.82 Å². The maximum atomic E-state index is 13.7. The number of carbonyl (C=O) groups is 1. The molecule has 1 aromatic rings. The molecule has 1 aromatic carbocycles. The summed E-state index contributed by atoms with van der Waals surface area (Å²) in [5.74, 6) is -0.625. The van der Waals surface area contributed by atoms with E-state index < -0.39 is 5.82 Å². The Bertz CT molecular complexity index is 437. The second-order valence-electron chi connectivity index (χ2n) is 4.31. The first-order chi connectivity index (χ1) is 9.06. The number of ether oxygens (including phenoxy) is 1. The zero-order chi connectivity index (χ0) is 14.4. The number of rotatable bonds is 6. The molecule has 0 bridgehead atoms. The molecule has 0 spiro atoms. The predicted molar refractivity (Wildman–Crippen MR) is 74.0 cm³/mol. The maximum Gasteiger partial charge on any atom is 0.256 e. The number of hydrogen-bond donors (Lipinski definition) is 1. The number of anilines is 1. The Morgan fingerprint density at radius 3 is 2.74 bits per heavy atom. The van der Waals surface area contributed by atoms with Crippen LogP contribution in [0.3, 0.4) is 0 Å². The van der Waals surface area contributed by atoms with Crippen molar-refractivity contribution < 1.29 is 13.9 Å². The maximum absolute atomic E-state index is 13.7. The molecule has 0 aliphatic rings. The Balaban J connectivity index is 3.07. The van der Waals surface area contributed by atoms with E-state index in [9.17, 15) is 9.18 Å². The predicted octanol–water partition coefficient (Wildman–Crippen LogP) is 2.36. The summed E-state index contributed by atoms with van der Waals surface area (Å²) >= 11 is 0. The van der Waals surface area contributed by atoms with Crippen LogP contribution in [0.5, 0.6) is 0 Å². The van der Waals surface area contributed by atoms with Gasteiger partial charge in [-0.1, -0.05) is 6.07 Å². The van der Waals surface area contributed by atoms with Crippen LogP contribution in [-0.2, 0) is 4.74 Å². The van der Waals surface area contributed by atoms with Crippen LogP contribution >= 0.6 is 0 Å². The van der Waals surface area contributed by atoms with Crippen molar-refractivity contribution in [3.05, 3.63) is 29.6 Å². The van der Waals surface area contributed by atoms with Crippen molar-refractivity contribution in [2.24, 2.45) is 0 Å². The molecular formula is C14H21FN2O2. The van der Waals surface area contributed by atoms with Crippen LogP contribution in [0.2, 0.25) is 0 Å². The highest BCUT2D eigenvalue weighted by atomic mass is 19.1. The summed E-state index contributed by atoms with van der Waals surface area (Å²) in [5.41, 5.74) is 0.572. The molecule has 0 radical (unpaired) electrons. The molecule has 4 nitrogen and oxygen atoms in total. The highest BCUT2D eigenvalue weighted by molar-refractivity contribution is 5.99. The number of nitrogens with zero attached hydrogens (tertiary/aromatic N) is 1. The molecule has 0 fully saturated rings. The molecular weight excluding hydrogens is 247 g/mol. The van der Waals surface area contributed by atoms with Crippen LogP contribution in [0.4, 0.5) is 10.1 Å². The third-order valence-electron chi connectivity index (χ3n) is 3.04.